The minimum atomic E-state index is -0.351. The molecular formula is C19H17NO4S. The Morgan fingerprint density at radius 2 is 1.92 bits per heavy atom. The first-order valence-electron chi connectivity index (χ1n) is 7.63. The second kappa shape index (κ2) is 6.64. The molecule has 25 heavy (non-hydrogen) atoms. The molecule has 0 bridgehead atoms. The topological polar surface area (TPSA) is 66.8 Å². The van der Waals surface area contributed by atoms with Crippen LogP contribution >= 0.6 is 11.8 Å². The van der Waals surface area contributed by atoms with Gasteiger partial charge in [-0.1, -0.05) is 18.2 Å². The fourth-order valence-corrected chi connectivity index (χ4v) is 3.42. The summed E-state index contributed by atoms with van der Waals surface area (Å²) in [5.41, 5.74) is 3.19. The zero-order valence-corrected chi connectivity index (χ0v) is 14.9. The minimum Gasteiger partial charge on any atom is -0.504 e. The van der Waals surface area contributed by atoms with Crippen molar-refractivity contribution in [2.75, 3.05) is 12.0 Å². The molecule has 1 fully saturated rings. The Balaban J connectivity index is 1.97. The van der Waals surface area contributed by atoms with Crippen molar-refractivity contribution in [3.8, 4) is 11.5 Å². The number of amides is 2. The van der Waals surface area contributed by atoms with Crippen LogP contribution in [0.5, 0.6) is 11.5 Å². The van der Waals surface area contributed by atoms with Crippen molar-refractivity contribution in [3.05, 3.63) is 58.0 Å². The van der Waals surface area contributed by atoms with Crippen molar-refractivity contribution in [3.63, 3.8) is 0 Å². The Morgan fingerprint density at radius 3 is 2.64 bits per heavy atom. The zero-order valence-electron chi connectivity index (χ0n) is 14.1. The SMILES string of the molecule is COc1cc(/C=C2\SC(=O)N(c3cccc(C)c3C)C2=O)ccc1O. The quantitative estimate of drug-likeness (QED) is 0.834. The number of thioether (sulfide) groups is 1. The van der Waals surface area contributed by atoms with Crippen molar-refractivity contribution in [2.24, 2.45) is 0 Å². The van der Waals surface area contributed by atoms with E-state index < -0.39 is 0 Å². The van der Waals surface area contributed by atoms with Crippen LogP contribution in [0.25, 0.3) is 6.08 Å². The van der Waals surface area contributed by atoms with Crippen molar-refractivity contribution < 1.29 is 19.4 Å². The van der Waals surface area contributed by atoms with Gasteiger partial charge >= 0.3 is 0 Å². The van der Waals surface area contributed by atoms with Crippen LogP contribution in [0.2, 0.25) is 0 Å². The zero-order chi connectivity index (χ0) is 18.1. The van der Waals surface area contributed by atoms with E-state index in [1.54, 1.807) is 24.3 Å². The molecule has 0 spiro atoms. The van der Waals surface area contributed by atoms with Crippen LogP contribution in [0.3, 0.4) is 0 Å². The lowest BCUT2D eigenvalue weighted by atomic mass is 10.1. The maximum absolute atomic E-state index is 12.7. The smallest absolute Gasteiger partial charge is 0.298 e. The molecule has 0 radical (unpaired) electrons. The van der Waals surface area contributed by atoms with Crippen LogP contribution in [0, 0.1) is 13.8 Å². The number of ether oxygens (including phenoxy) is 1. The van der Waals surface area contributed by atoms with Crippen LogP contribution in [-0.2, 0) is 4.79 Å². The van der Waals surface area contributed by atoms with E-state index in [0.717, 1.165) is 22.9 Å². The average molecular weight is 355 g/mol. The van der Waals surface area contributed by atoms with Gasteiger partial charge in [-0.05, 0) is 66.6 Å². The third-order valence-electron chi connectivity index (χ3n) is 4.11. The Bertz CT molecular complexity index is 904. The van der Waals surface area contributed by atoms with Gasteiger partial charge in [-0.15, -0.1) is 0 Å². The lowest BCUT2D eigenvalue weighted by Gasteiger charge is -2.16. The molecule has 0 atom stereocenters. The number of aromatic hydroxyl groups is 1. The van der Waals surface area contributed by atoms with Gasteiger partial charge in [-0.3, -0.25) is 9.59 Å². The third-order valence-corrected chi connectivity index (χ3v) is 4.98. The van der Waals surface area contributed by atoms with Crippen molar-refractivity contribution in [2.45, 2.75) is 13.8 Å². The van der Waals surface area contributed by atoms with E-state index in [1.807, 2.05) is 26.0 Å². The number of anilines is 1. The summed E-state index contributed by atoms with van der Waals surface area (Å²) < 4.78 is 5.07. The summed E-state index contributed by atoms with van der Waals surface area (Å²) in [6.45, 7) is 3.83. The van der Waals surface area contributed by atoms with Crippen molar-refractivity contribution >= 4 is 34.7 Å². The summed E-state index contributed by atoms with van der Waals surface area (Å²) in [5, 5.41) is 9.33. The molecule has 0 aromatic heterocycles. The van der Waals surface area contributed by atoms with E-state index >= 15 is 0 Å². The van der Waals surface area contributed by atoms with Gasteiger partial charge in [-0.25, -0.2) is 4.90 Å². The number of nitrogens with zero attached hydrogens (tertiary/aromatic N) is 1. The number of hydrogen-bond donors (Lipinski definition) is 1. The number of carbonyl (C=O) groups excluding carboxylic acids is 2. The molecular weight excluding hydrogens is 338 g/mol. The fourth-order valence-electron chi connectivity index (χ4n) is 2.59. The molecule has 0 saturated carbocycles. The molecule has 3 rings (SSSR count). The number of aryl methyl sites for hydroxylation is 1. The summed E-state index contributed by atoms with van der Waals surface area (Å²) in [6.07, 6.45) is 1.62. The second-order valence-corrected chi connectivity index (χ2v) is 6.66. The highest BCUT2D eigenvalue weighted by molar-refractivity contribution is 8.19. The van der Waals surface area contributed by atoms with Crippen LogP contribution < -0.4 is 9.64 Å². The molecule has 2 aromatic carbocycles. The van der Waals surface area contributed by atoms with Gasteiger partial charge in [0.05, 0.1) is 17.7 Å². The highest BCUT2D eigenvalue weighted by atomic mass is 32.2. The first-order chi connectivity index (χ1) is 11.9. The predicted molar refractivity (Wildman–Crippen MR) is 99.0 cm³/mol. The largest absolute Gasteiger partial charge is 0.504 e. The maximum Gasteiger partial charge on any atom is 0.298 e. The standard InChI is InChI=1S/C19H17NO4S/c1-11-5-4-6-14(12(11)2)20-18(22)17(25-19(20)23)10-13-7-8-15(21)16(9-13)24-3/h4-10,21H,1-3H3/b17-10-. The molecule has 5 nitrogen and oxygen atoms in total. The van der Waals surface area contributed by atoms with Gasteiger partial charge in [0.25, 0.3) is 11.1 Å². The van der Waals surface area contributed by atoms with E-state index in [9.17, 15) is 14.7 Å². The van der Waals surface area contributed by atoms with Crippen LogP contribution in [0.1, 0.15) is 16.7 Å². The second-order valence-electron chi connectivity index (χ2n) is 5.67. The Hall–Kier alpha value is -2.73. The summed E-state index contributed by atoms with van der Waals surface area (Å²) in [4.78, 5) is 26.7. The van der Waals surface area contributed by atoms with Crippen molar-refractivity contribution in [1.82, 2.24) is 0 Å². The molecule has 2 amide bonds. The lowest BCUT2D eigenvalue weighted by molar-refractivity contribution is -0.113. The van der Waals surface area contributed by atoms with Gasteiger partial charge in [0.2, 0.25) is 0 Å². The molecule has 0 unspecified atom stereocenters. The fraction of sp³-hybridized carbons (Fsp3) is 0.158. The number of benzene rings is 2. The van der Waals surface area contributed by atoms with Crippen LogP contribution in [-0.4, -0.2) is 23.4 Å². The number of methoxy groups -OCH3 is 1. The van der Waals surface area contributed by atoms with E-state index in [-0.39, 0.29) is 16.9 Å². The maximum atomic E-state index is 12.7. The Labute approximate surface area is 149 Å². The highest BCUT2D eigenvalue weighted by Gasteiger charge is 2.37. The summed E-state index contributed by atoms with van der Waals surface area (Å²) >= 11 is 0.899. The molecule has 1 saturated heterocycles. The molecule has 128 valence electrons. The molecule has 2 aromatic rings. The van der Waals surface area contributed by atoms with E-state index in [2.05, 4.69) is 0 Å². The van der Waals surface area contributed by atoms with Crippen molar-refractivity contribution in [1.29, 1.82) is 0 Å². The Morgan fingerprint density at radius 1 is 1.16 bits per heavy atom. The summed E-state index contributed by atoms with van der Waals surface area (Å²) in [5.74, 6) is -0.0265. The predicted octanol–water partition coefficient (Wildman–Crippen LogP) is 4.26. The Kier molecular flexibility index (Phi) is 4.55. The number of hydrogen-bond acceptors (Lipinski definition) is 5. The third kappa shape index (κ3) is 3.13. The summed E-state index contributed by atoms with van der Waals surface area (Å²) in [6, 6.07) is 10.3. The molecule has 1 heterocycles. The molecule has 1 N–H and O–H groups in total. The monoisotopic (exact) mass is 355 g/mol. The normalized spacial score (nSPS) is 16.0. The van der Waals surface area contributed by atoms with E-state index in [1.165, 1.54) is 18.1 Å². The van der Waals surface area contributed by atoms with E-state index in [0.29, 0.717) is 21.9 Å². The average Bonchev–Trinajstić information content (AvgIpc) is 2.86. The first kappa shape index (κ1) is 17.1. The number of imide groups is 1. The number of rotatable bonds is 3. The van der Waals surface area contributed by atoms with Crippen LogP contribution in [0.4, 0.5) is 10.5 Å². The number of phenolic OH excluding ortho intramolecular Hbond substituents is 1. The van der Waals surface area contributed by atoms with E-state index in [4.69, 9.17) is 4.74 Å². The lowest BCUT2D eigenvalue weighted by Crippen LogP contribution is -2.28. The molecule has 0 aliphatic carbocycles. The van der Waals surface area contributed by atoms with Gasteiger partial charge in [-0.2, -0.15) is 0 Å². The molecule has 1 aliphatic rings. The first-order valence-corrected chi connectivity index (χ1v) is 8.45. The van der Waals surface area contributed by atoms with Gasteiger partial charge in [0, 0.05) is 0 Å². The van der Waals surface area contributed by atoms with Gasteiger partial charge in [0.1, 0.15) is 0 Å². The summed E-state index contributed by atoms with van der Waals surface area (Å²) in [7, 11) is 1.45. The number of carbonyl (C=O) groups is 2. The molecule has 6 heteroatoms. The van der Waals surface area contributed by atoms with Crippen LogP contribution in [0.15, 0.2) is 41.3 Å². The molecule has 1 aliphatic heterocycles. The number of phenols is 1. The van der Waals surface area contributed by atoms with Gasteiger partial charge in [0.15, 0.2) is 11.5 Å². The van der Waals surface area contributed by atoms with Gasteiger partial charge < -0.3 is 9.84 Å². The highest BCUT2D eigenvalue weighted by Crippen LogP contribution is 2.38. The minimum absolute atomic E-state index is 0.0168.